The fraction of sp³-hybridized carbons (Fsp3) is 0.333. The molecule has 2 aromatic heterocycles. The Morgan fingerprint density at radius 1 is 1.33 bits per heavy atom. The maximum absolute atomic E-state index is 10.5. The molecule has 0 saturated heterocycles. The third-order valence-electron chi connectivity index (χ3n) is 2.34. The van der Waals surface area contributed by atoms with Gasteiger partial charge in [0.05, 0.1) is 6.07 Å². The smallest absolute Gasteiger partial charge is 0.397 e. The van der Waals surface area contributed by atoms with E-state index in [1.54, 1.807) is 12.4 Å². The molecule has 0 aliphatic heterocycles. The van der Waals surface area contributed by atoms with Crippen molar-refractivity contribution in [1.82, 2.24) is 9.97 Å². The molecular formula is C12H13N3O3. The van der Waals surface area contributed by atoms with Crippen molar-refractivity contribution in [2.24, 2.45) is 5.92 Å². The quantitative estimate of drug-likeness (QED) is 0.612. The van der Waals surface area contributed by atoms with E-state index in [1.807, 2.05) is 0 Å². The Morgan fingerprint density at radius 2 is 2.00 bits per heavy atom. The number of nitrogens with zero attached hydrogens (tertiary/aromatic N) is 3. The first-order valence-corrected chi connectivity index (χ1v) is 5.62. The molecule has 2 aromatic rings. The lowest BCUT2D eigenvalue weighted by Gasteiger charge is -2.03. The van der Waals surface area contributed by atoms with E-state index >= 15 is 0 Å². The van der Waals surface area contributed by atoms with Gasteiger partial charge in [0.15, 0.2) is 11.6 Å². The molecule has 0 spiro atoms. The van der Waals surface area contributed by atoms with Crippen LogP contribution in [-0.2, 0) is 6.42 Å². The lowest BCUT2D eigenvalue weighted by atomic mass is 10.1. The van der Waals surface area contributed by atoms with Gasteiger partial charge < -0.3 is 4.42 Å². The van der Waals surface area contributed by atoms with Gasteiger partial charge in [-0.1, -0.05) is 13.8 Å². The first-order valence-electron chi connectivity index (χ1n) is 5.62. The highest BCUT2D eigenvalue weighted by Crippen LogP contribution is 2.23. The molecule has 2 heterocycles. The summed E-state index contributed by atoms with van der Waals surface area (Å²) in [6, 6.07) is 2.79. The average Bonchev–Trinajstić information content (AvgIpc) is 2.78. The van der Waals surface area contributed by atoms with Crippen LogP contribution in [-0.4, -0.2) is 14.9 Å². The molecule has 0 amide bonds. The summed E-state index contributed by atoms with van der Waals surface area (Å²) < 4.78 is 5.03. The van der Waals surface area contributed by atoms with Crippen LogP contribution in [0, 0.1) is 16.0 Å². The Hall–Kier alpha value is -2.24. The average molecular weight is 247 g/mol. The lowest BCUT2D eigenvalue weighted by molar-refractivity contribution is -0.401. The van der Waals surface area contributed by atoms with E-state index in [0.29, 0.717) is 17.5 Å². The third kappa shape index (κ3) is 2.71. The largest absolute Gasteiger partial charge is 0.433 e. The molecule has 0 radical (unpaired) electrons. The standard InChI is InChI=1S/C12H13N3O3/c1-8(2)5-9-6-13-12(14-7-9)10-3-4-11(18-10)15(16)17/h3-4,6-8H,5H2,1-2H3. The molecule has 6 nitrogen and oxygen atoms in total. The summed E-state index contributed by atoms with van der Waals surface area (Å²) >= 11 is 0. The van der Waals surface area contributed by atoms with Gasteiger partial charge in [-0.15, -0.1) is 0 Å². The molecule has 6 heteroatoms. The number of nitro groups is 1. The van der Waals surface area contributed by atoms with Gasteiger partial charge in [0.2, 0.25) is 0 Å². The minimum Gasteiger partial charge on any atom is -0.397 e. The second-order valence-electron chi connectivity index (χ2n) is 4.41. The molecule has 0 saturated carbocycles. The van der Waals surface area contributed by atoms with Crippen molar-refractivity contribution in [3.8, 4) is 11.6 Å². The minimum atomic E-state index is -0.587. The summed E-state index contributed by atoms with van der Waals surface area (Å²) in [5.74, 6) is 0.886. The first kappa shape index (κ1) is 12.2. The Kier molecular flexibility index (Phi) is 3.36. The summed E-state index contributed by atoms with van der Waals surface area (Å²) in [7, 11) is 0. The van der Waals surface area contributed by atoms with Crippen LogP contribution in [0.2, 0.25) is 0 Å². The Balaban J connectivity index is 2.20. The zero-order valence-corrected chi connectivity index (χ0v) is 10.2. The number of furan rings is 1. The number of aromatic nitrogens is 2. The maximum atomic E-state index is 10.5. The second-order valence-corrected chi connectivity index (χ2v) is 4.41. The summed E-state index contributed by atoms with van der Waals surface area (Å²) in [5.41, 5.74) is 1.04. The SMILES string of the molecule is CC(C)Cc1cnc(-c2ccc([N+](=O)[O-])o2)nc1. The van der Waals surface area contributed by atoms with Crippen LogP contribution in [0.5, 0.6) is 0 Å². The molecule has 0 aliphatic rings. The number of rotatable bonds is 4. The lowest BCUT2D eigenvalue weighted by Crippen LogP contribution is -1.97. The van der Waals surface area contributed by atoms with E-state index in [0.717, 1.165) is 12.0 Å². The third-order valence-corrected chi connectivity index (χ3v) is 2.34. The van der Waals surface area contributed by atoms with E-state index in [-0.39, 0.29) is 5.88 Å². The Bertz CT molecular complexity index is 546. The van der Waals surface area contributed by atoms with Crippen molar-refractivity contribution in [2.75, 3.05) is 0 Å². The predicted molar refractivity (Wildman–Crippen MR) is 64.9 cm³/mol. The van der Waals surface area contributed by atoms with Crippen LogP contribution in [0.4, 0.5) is 5.88 Å². The van der Waals surface area contributed by atoms with Crippen molar-refractivity contribution >= 4 is 5.88 Å². The van der Waals surface area contributed by atoms with E-state index in [1.165, 1.54) is 12.1 Å². The highest BCUT2D eigenvalue weighted by atomic mass is 16.6. The molecule has 94 valence electrons. The predicted octanol–water partition coefficient (Wildman–Crippen LogP) is 2.84. The first-order chi connectivity index (χ1) is 8.56. The van der Waals surface area contributed by atoms with Crippen molar-refractivity contribution < 1.29 is 9.34 Å². The normalized spacial score (nSPS) is 10.8. The van der Waals surface area contributed by atoms with Crippen LogP contribution in [0.3, 0.4) is 0 Å². The summed E-state index contributed by atoms with van der Waals surface area (Å²) in [4.78, 5) is 18.2. The molecule has 2 rings (SSSR count). The van der Waals surface area contributed by atoms with Gasteiger partial charge in [-0.25, -0.2) is 9.97 Å². The van der Waals surface area contributed by atoms with Crippen molar-refractivity contribution in [2.45, 2.75) is 20.3 Å². The molecule has 0 unspecified atom stereocenters. The van der Waals surface area contributed by atoms with Crippen LogP contribution >= 0.6 is 0 Å². The molecule has 0 bridgehead atoms. The Morgan fingerprint density at radius 3 is 2.50 bits per heavy atom. The number of hydrogen-bond acceptors (Lipinski definition) is 5. The molecule has 18 heavy (non-hydrogen) atoms. The molecule has 0 aliphatic carbocycles. The summed E-state index contributed by atoms with van der Waals surface area (Å²) in [6.45, 7) is 4.23. The zero-order valence-electron chi connectivity index (χ0n) is 10.2. The number of hydrogen-bond donors (Lipinski definition) is 0. The topological polar surface area (TPSA) is 82.1 Å². The van der Waals surface area contributed by atoms with Gasteiger partial charge in [-0.3, -0.25) is 10.1 Å². The summed E-state index contributed by atoms with van der Waals surface area (Å²) in [5, 5.41) is 10.5. The van der Waals surface area contributed by atoms with E-state index in [4.69, 9.17) is 4.42 Å². The fourth-order valence-corrected chi connectivity index (χ4v) is 1.60. The molecular weight excluding hydrogens is 234 g/mol. The van der Waals surface area contributed by atoms with Gasteiger partial charge in [-0.05, 0) is 24.0 Å². The maximum Gasteiger partial charge on any atom is 0.433 e. The highest BCUT2D eigenvalue weighted by molar-refractivity contribution is 5.48. The van der Waals surface area contributed by atoms with Gasteiger partial charge in [0, 0.05) is 12.4 Å². The highest BCUT2D eigenvalue weighted by Gasteiger charge is 2.14. The van der Waals surface area contributed by atoms with Gasteiger partial charge >= 0.3 is 5.88 Å². The van der Waals surface area contributed by atoms with Gasteiger partial charge in [-0.2, -0.15) is 0 Å². The van der Waals surface area contributed by atoms with Crippen molar-refractivity contribution in [3.63, 3.8) is 0 Å². The minimum absolute atomic E-state index is 0.304. The van der Waals surface area contributed by atoms with E-state index in [2.05, 4.69) is 23.8 Å². The van der Waals surface area contributed by atoms with Crippen LogP contribution in [0.25, 0.3) is 11.6 Å². The second kappa shape index (κ2) is 4.95. The molecule has 0 N–H and O–H groups in total. The van der Waals surface area contributed by atoms with E-state index < -0.39 is 4.92 Å². The van der Waals surface area contributed by atoms with E-state index in [9.17, 15) is 10.1 Å². The van der Waals surface area contributed by atoms with Crippen LogP contribution in [0.1, 0.15) is 19.4 Å². The molecule has 0 fully saturated rings. The summed E-state index contributed by atoms with van der Waals surface area (Å²) in [6.07, 6.45) is 4.34. The van der Waals surface area contributed by atoms with Crippen LogP contribution in [0.15, 0.2) is 28.9 Å². The van der Waals surface area contributed by atoms with Gasteiger partial charge in [0.25, 0.3) is 0 Å². The van der Waals surface area contributed by atoms with Crippen molar-refractivity contribution in [3.05, 3.63) is 40.2 Å². The zero-order chi connectivity index (χ0) is 13.1. The van der Waals surface area contributed by atoms with Gasteiger partial charge in [0.1, 0.15) is 4.92 Å². The molecule has 0 atom stereocenters. The molecule has 0 aromatic carbocycles. The van der Waals surface area contributed by atoms with Crippen LogP contribution < -0.4 is 0 Å². The monoisotopic (exact) mass is 247 g/mol. The van der Waals surface area contributed by atoms with Crippen molar-refractivity contribution in [1.29, 1.82) is 0 Å². The Labute approximate surface area is 104 Å². The fourth-order valence-electron chi connectivity index (χ4n) is 1.60.